The van der Waals surface area contributed by atoms with E-state index in [4.69, 9.17) is 0 Å². The fourth-order valence-corrected chi connectivity index (χ4v) is 2.82. The highest BCUT2D eigenvalue weighted by molar-refractivity contribution is 5.80. The maximum absolute atomic E-state index is 12.2. The number of aliphatic carboxylic acids is 1. The summed E-state index contributed by atoms with van der Waals surface area (Å²) >= 11 is 0. The van der Waals surface area contributed by atoms with Crippen molar-refractivity contribution in [3.05, 3.63) is 0 Å². The van der Waals surface area contributed by atoms with E-state index in [1.165, 1.54) is 19.8 Å². The third kappa shape index (κ3) is 7.97. The molecular weight excluding hydrogens is 298 g/mol. The van der Waals surface area contributed by atoms with Gasteiger partial charge in [-0.25, -0.2) is 0 Å². The smallest absolute Gasteiger partial charge is 0.320 e. The Morgan fingerprint density at radius 3 is 2.30 bits per heavy atom. The Balaban J connectivity index is 2.50. The van der Waals surface area contributed by atoms with Gasteiger partial charge in [0.1, 0.15) is 6.04 Å². The molecule has 0 aliphatic heterocycles. The first-order chi connectivity index (χ1) is 10.9. The first-order valence-electron chi connectivity index (χ1n) is 8.40. The minimum absolute atomic E-state index is 0.0313. The molecule has 1 saturated carbocycles. The summed E-state index contributed by atoms with van der Waals surface area (Å²) in [4.78, 5) is 35.9. The molecule has 0 aromatic rings. The van der Waals surface area contributed by atoms with E-state index >= 15 is 0 Å². The van der Waals surface area contributed by atoms with E-state index in [9.17, 15) is 19.5 Å². The Kier molecular flexibility index (Phi) is 8.61. The summed E-state index contributed by atoms with van der Waals surface area (Å²) < 4.78 is 0. The number of nitrogens with zero attached hydrogens (tertiary/aromatic N) is 1. The van der Waals surface area contributed by atoms with Crippen LogP contribution < -0.4 is 10.6 Å². The molecule has 2 amide bonds. The summed E-state index contributed by atoms with van der Waals surface area (Å²) in [5.41, 5.74) is 0. The van der Waals surface area contributed by atoms with Crippen molar-refractivity contribution in [3.63, 3.8) is 0 Å². The number of hydrogen-bond donors (Lipinski definition) is 3. The van der Waals surface area contributed by atoms with Crippen molar-refractivity contribution in [1.82, 2.24) is 15.5 Å². The van der Waals surface area contributed by atoms with Crippen LogP contribution in [0.2, 0.25) is 0 Å². The van der Waals surface area contributed by atoms with Crippen molar-refractivity contribution in [1.29, 1.82) is 0 Å². The molecular formula is C16H29N3O4. The van der Waals surface area contributed by atoms with Gasteiger partial charge in [-0.2, -0.15) is 0 Å². The van der Waals surface area contributed by atoms with Crippen molar-refractivity contribution in [2.24, 2.45) is 0 Å². The van der Waals surface area contributed by atoms with E-state index in [0.29, 0.717) is 13.1 Å². The molecule has 3 N–H and O–H groups in total. The van der Waals surface area contributed by atoms with Gasteiger partial charge < -0.3 is 15.7 Å². The van der Waals surface area contributed by atoms with Gasteiger partial charge in [-0.05, 0) is 19.8 Å². The molecule has 7 heteroatoms. The topological polar surface area (TPSA) is 98.7 Å². The molecule has 0 spiro atoms. The first-order valence-corrected chi connectivity index (χ1v) is 8.40. The maximum atomic E-state index is 12.2. The summed E-state index contributed by atoms with van der Waals surface area (Å²) in [6.07, 6.45) is 6.67. The van der Waals surface area contributed by atoms with Crippen molar-refractivity contribution in [2.75, 3.05) is 19.6 Å². The van der Waals surface area contributed by atoms with Gasteiger partial charge in [-0.1, -0.05) is 25.7 Å². The predicted molar refractivity (Wildman–Crippen MR) is 87.0 cm³/mol. The highest BCUT2D eigenvalue weighted by Gasteiger charge is 2.24. The van der Waals surface area contributed by atoms with E-state index in [0.717, 1.165) is 25.7 Å². The molecule has 0 bridgehead atoms. The number of amides is 2. The van der Waals surface area contributed by atoms with Gasteiger partial charge in [-0.15, -0.1) is 0 Å². The second-order valence-corrected chi connectivity index (χ2v) is 6.22. The third-order valence-electron chi connectivity index (χ3n) is 4.25. The number of carbonyl (C=O) groups is 3. The number of carbonyl (C=O) groups excluding carboxylic acids is 2. The molecule has 1 aliphatic carbocycles. The average Bonchev–Trinajstić information content (AvgIpc) is 2.73. The monoisotopic (exact) mass is 327 g/mol. The van der Waals surface area contributed by atoms with Crippen LogP contribution in [0.1, 0.15) is 52.4 Å². The zero-order chi connectivity index (χ0) is 17.2. The van der Waals surface area contributed by atoms with Crippen molar-refractivity contribution < 1.29 is 19.5 Å². The fraction of sp³-hybridized carbons (Fsp3) is 0.812. The summed E-state index contributed by atoms with van der Waals surface area (Å²) in [7, 11) is 0. The lowest BCUT2D eigenvalue weighted by Gasteiger charge is -2.26. The summed E-state index contributed by atoms with van der Waals surface area (Å²) in [6, 6.07) is -0.578. The van der Waals surface area contributed by atoms with E-state index in [1.54, 1.807) is 11.8 Å². The Morgan fingerprint density at radius 2 is 1.78 bits per heavy atom. The maximum Gasteiger partial charge on any atom is 0.320 e. The van der Waals surface area contributed by atoms with Crippen LogP contribution in [0.4, 0.5) is 0 Å². The van der Waals surface area contributed by atoms with Crippen LogP contribution in [0.15, 0.2) is 0 Å². The van der Waals surface area contributed by atoms with Crippen LogP contribution >= 0.6 is 0 Å². The van der Waals surface area contributed by atoms with E-state index in [1.807, 2.05) is 0 Å². The lowest BCUT2D eigenvalue weighted by Crippen LogP contribution is -2.49. The lowest BCUT2D eigenvalue weighted by atomic mass is 10.1. The van der Waals surface area contributed by atoms with Crippen LogP contribution in [0.5, 0.6) is 0 Å². The molecule has 1 fully saturated rings. The molecule has 23 heavy (non-hydrogen) atoms. The van der Waals surface area contributed by atoms with Crippen LogP contribution in [0.3, 0.4) is 0 Å². The normalized spacial score (nSPS) is 17.3. The first kappa shape index (κ1) is 19.4. The highest BCUT2D eigenvalue weighted by atomic mass is 16.4. The largest absolute Gasteiger partial charge is 0.480 e. The van der Waals surface area contributed by atoms with Gasteiger partial charge in [-0.3, -0.25) is 19.3 Å². The van der Waals surface area contributed by atoms with Crippen molar-refractivity contribution >= 4 is 17.8 Å². The molecule has 0 aromatic carbocycles. The summed E-state index contributed by atoms with van der Waals surface area (Å²) in [5.74, 6) is -1.29. The molecule has 7 nitrogen and oxygen atoms in total. The molecule has 0 aromatic heterocycles. The molecule has 0 heterocycles. The molecule has 0 radical (unpaired) electrons. The molecule has 1 atom stereocenters. The number of nitrogens with one attached hydrogen (secondary N) is 2. The average molecular weight is 327 g/mol. The standard InChI is InChI=1S/C16H29N3O4/c1-12(16(22)23)19(10-9-17-13(2)20)11-15(21)18-14-7-5-3-4-6-8-14/h12,14H,3-11H2,1-2H3,(H,17,20)(H,18,21)(H,22,23). The predicted octanol–water partition coefficient (Wildman–Crippen LogP) is 0.737. The second kappa shape index (κ2) is 10.2. The molecule has 1 aliphatic rings. The number of carboxylic acids is 1. The molecule has 132 valence electrons. The number of rotatable bonds is 8. The Hall–Kier alpha value is -1.63. The van der Waals surface area contributed by atoms with Gasteiger partial charge in [0.2, 0.25) is 11.8 Å². The zero-order valence-electron chi connectivity index (χ0n) is 14.1. The van der Waals surface area contributed by atoms with Crippen LogP contribution in [0.25, 0.3) is 0 Å². The number of hydrogen-bond acceptors (Lipinski definition) is 4. The lowest BCUT2D eigenvalue weighted by molar-refractivity contribution is -0.143. The highest BCUT2D eigenvalue weighted by Crippen LogP contribution is 2.17. The number of carboxylic acid groups (broad SMARTS) is 1. The summed E-state index contributed by atoms with van der Waals surface area (Å²) in [6.45, 7) is 3.64. The third-order valence-corrected chi connectivity index (χ3v) is 4.25. The van der Waals surface area contributed by atoms with Crippen LogP contribution in [0, 0.1) is 0 Å². The van der Waals surface area contributed by atoms with Gasteiger partial charge in [0, 0.05) is 26.1 Å². The molecule has 1 rings (SSSR count). The fourth-order valence-electron chi connectivity index (χ4n) is 2.82. The minimum Gasteiger partial charge on any atom is -0.480 e. The Bertz CT molecular complexity index is 406. The van der Waals surface area contributed by atoms with Gasteiger partial charge in [0.25, 0.3) is 0 Å². The van der Waals surface area contributed by atoms with Crippen LogP contribution in [-0.2, 0) is 14.4 Å². The second-order valence-electron chi connectivity index (χ2n) is 6.22. The molecule has 0 saturated heterocycles. The Labute approximate surface area is 137 Å². The quantitative estimate of drug-likeness (QED) is 0.571. The minimum atomic E-state index is -0.977. The van der Waals surface area contributed by atoms with Gasteiger partial charge in [0.15, 0.2) is 0 Å². The van der Waals surface area contributed by atoms with Crippen molar-refractivity contribution in [2.45, 2.75) is 64.5 Å². The van der Waals surface area contributed by atoms with Gasteiger partial charge in [0.05, 0.1) is 6.54 Å². The SMILES string of the molecule is CC(=O)NCCN(CC(=O)NC1CCCCCC1)C(C)C(=O)O. The van der Waals surface area contributed by atoms with E-state index < -0.39 is 12.0 Å². The van der Waals surface area contributed by atoms with E-state index in [-0.39, 0.29) is 24.4 Å². The Morgan fingerprint density at radius 1 is 1.17 bits per heavy atom. The van der Waals surface area contributed by atoms with Gasteiger partial charge >= 0.3 is 5.97 Å². The van der Waals surface area contributed by atoms with E-state index in [2.05, 4.69) is 10.6 Å². The summed E-state index contributed by atoms with van der Waals surface area (Å²) in [5, 5.41) is 14.8. The zero-order valence-corrected chi connectivity index (χ0v) is 14.1. The van der Waals surface area contributed by atoms with Crippen molar-refractivity contribution in [3.8, 4) is 0 Å². The van der Waals surface area contributed by atoms with Crippen LogP contribution in [-0.4, -0.2) is 59.5 Å². The molecule has 1 unspecified atom stereocenters.